The molecular weight excluding hydrogens is 296 g/mol. The predicted octanol–water partition coefficient (Wildman–Crippen LogP) is 1.08. The van der Waals surface area contributed by atoms with Crippen LogP contribution < -0.4 is 10.2 Å². The number of carbonyl (C=O) groups excluding carboxylic acids is 2. The molecule has 0 bridgehead atoms. The maximum Gasteiger partial charge on any atom is 0.251 e. The van der Waals surface area contributed by atoms with Gasteiger partial charge in [0, 0.05) is 37.4 Å². The van der Waals surface area contributed by atoms with Crippen molar-refractivity contribution in [3.63, 3.8) is 0 Å². The molecule has 0 saturated carbocycles. The summed E-state index contributed by atoms with van der Waals surface area (Å²) in [5, 5.41) is 12.6. The van der Waals surface area contributed by atoms with Crippen LogP contribution in [-0.2, 0) is 9.53 Å². The van der Waals surface area contributed by atoms with Crippen LogP contribution in [0.5, 0.6) is 0 Å². The highest BCUT2D eigenvalue weighted by atomic mass is 16.5. The second-order valence-electron chi connectivity index (χ2n) is 6.20. The molecule has 0 radical (unpaired) electrons. The van der Waals surface area contributed by atoms with Crippen LogP contribution in [0, 0.1) is 0 Å². The van der Waals surface area contributed by atoms with Gasteiger partial charge in [-0.1, -0.05) is 6.07 Å². The lowest BCUT2D eigenvalue weighted by atomic mass is 9.90. The van der Waals surface area contributed by atoms with Crippen molar-refractivity contribution in [1.82, 2.24) is 5.32 Å². The molecule has 6 nitrogen and oxygen atoms in total. The molecule has 2 N–H and O–H groups in total. The molecule has 0 aromatic heterocycles. The Labute approximate surface area is 135 Å². The third-order valence-corrected chi connectivity index (χ3v) is 4.62. The van der Waals surface area contributed by atoms with E-state index in [1.165, 1.54) is 0 Å². The standard InChI is InChI=1S/C17H22N2O4/c20-12-17(6-9-23-10-7-17)18-16(22)13-3-1-4-14(11-13)19-8-2-5-15(19)21/h1,3-4,11,20H,2,5-10,12H2,(H,18,22). The summed E-state index contributed by atoms with van der Waals surface area (Å²) in [5.74, 6) is -0.131. The molecule has 2 amide bonds. The van der Waals surface area contributed by atoms with Gasteiger partial charge in [0.05, 0.1) is 12.1 Å². The number of hydrogen-bond acceptors (Lipinski definition) is 4. The van der Waals surface area contributed by atoms with Crippen LogP contribution in [0.1, 0.15) is 36.0 Å². The molecule has 23 heavy (non-hydrogen) atoms. The van der Waals surface area contributed by atoms with Gasteiger partial charge in [0.2, 0.25) is 5.91 Å². The van der Waals surface area contributed by atoms with Crippen LogP contribution in [0.2, 0.25) is 0 Å². The molecule has 3 rings (SSSR count). The number of ether oxygens (including phenoxy) is 1. The van der Waals surface area contributed by atoms with Crippen LogP contribution in [-0.4, -0.2) is 48.8 Å². The lowest BCUT2D eigenvalue weighted by Crippen LogP contribution is -2.54. The summed E-state index contributed by atoms with van der Waals surface area (Å²) in [4.78, 5) is 26.1. The molecule has 2 aliphatic heterocycles. The van der Waals surface area contributed by atoms with Crippen LogP contribution in [0.3, 0.4) is 0 Å². The molecule has 124 valence electrons. The van der Waals surface area contributed by atoms with Gasteiger partial charge in [-0.25, -0.2) is 0 Å². The zero-order valence-corrected chi connectivity index (χ0v) is 13.1. The highest BCUT2D eigenvalue weighted by Gasteiger charge is 2.34. The number of amides is 2. The predicted molar refractivity (Wildman–Crippen MR) is 85.4 cm³/mol. The van der Waals surface area contributed by atoms with Gasteiger partial charge in [-0.3, -0.25) is 9.59 Å². The van der Waals surface area contributed by atoms with Crippen molar-refractivity contribution in [3.05, 3.63) is 29.8 Å². The quantitative estimate of drug-likeness (QED) is 0.871. The molecule has 2 fully saturated rings. The number of anilines is 1. The zero-order valence-electron chi connectivity index (χ0n) is 13.1. The monoisotopic (exact) mass is 318 g/mol. The lowest BCUT2D eigenvalue weighted by Gasteiger charge is -2.36. The maximum atomic E-state index is 12.6. The van der Waals surface area contributed by atoms with E-state index in [0.717, 1.165) is 12.1 Å². The molecule has 0 atom stereocenters. The molecule has 1 aromatic carbocycles. The van der Waals surface area contributed by atoms with Gasteiger partial charge in [-0.2, -0.15) is 0 Å². The minimum atomic E-state index is -0.616. The Morgan fingerprint density at radius 1 is 1.35 bits per heavy atom. The van der Waals surface area contributed by atoms with E-state index in [-0.39, 0.29) is 18.4 Å². The number of carbonyl (C=O) groups is 2. The van der Waals surface area contributed by atoms with Crippen LogP contribution >= 0.6 is 0 Å². The Morgan fingerprint density at radius 3 is 2.78 bits per heavy atom. The Kier molecular flexibility index (Phi) is 4.63. The van der Waals surface area contributed by atoms with E-state index in [9.17, 15) is 14.7 Å². The van der Waals surface area contributed by atoms with E-state index in [0.29, 0.717) is 44.6 Å². The topological polar surface area (TPSA) is 78.9 Å². The third-order valence-electron chi connectivity index (χ3n) is 4.62. The third kappa shape index (κ3) is 3.38. The van der Waals surface area contributed by atoms with Gasteiger partial charge in [-0.05, 0) is 37.5 Å². The van der Waals surface area contributed by atoms with Crippen molar-refractivity contribution in [2.24, 2.45) is 0 Å². The Morgan fingerprint density at radius 2 is 2.13 bits per heavy atom. The minimum absolute atomic E-state index is 0.0961. The van der Waals surface area contributed by atoms with Crippen molar-refractivity contribution in [1.29, 1.82) is 0 Å². The van der Waals surface area contributed by atoms with E-state index < -0.39 is 5.54 Å². The number of rotatable bonds is 4. The number of aliphatic hydroxyl groups is 1. The summed E-state index contributed by atoms with van der Waals surface area (Å²) in [6.07, 6.45) is 2.60. The number of benzene rings is 1. The average molecular weight is 318 g/mol. The van der Waals surface area contributed by atoms with Gasteiger partial charge in [0.1, 0.15) is 0 Å². The van der Waals surface area contributed by atoms with E-state index in [2.05, 4.69) is 5.32 Å². The fourth-order valence-electron chi connectivity index (χ4n) is 3.13. The van der Waals surface area contributed by atoms with Crippen molar-refractivity contribution < 1.29 is 19.4 Å². The Balaban J connectivity index is 1.75. The second-order valence-corrected chi connectivity index (χ2v) is 6.20. The molecule has 0 aliphatic carbocycles. The highest BCUT2D eigenvalue weighted by molar-refractivity contribution is 5.99. The van der Waals surface area contributed by atoms with Crippen LogP contribution in [0.4, 0.5) is 5.69 Å². The summed E-state index contributed by atoms with van der Waals surface area (Å²) < 4.78 is 5.31. The van der Waals surface area contributed by atoms with Gasteiger partial charge in [-0.15, -0.1) is 0 Å². The highest BCUT2D eigenvalue weighted by Crippen LogP contribution is 2.24. The van der Waals surface area contributed by atoms with Crippen molar-refractivity contribution in [2.45, 2.75) is 31.2 Å². The summed E-state index contributed by atoms with van der Waals surface area (Å²) in [6, 6.07) is 7.09. The smallest absolute Gasteiger partial charge is 0.251 e. The van der Waals surface area contributed by atoms with Gasteiger partial charge in [0.15, 0.2) is 0 Å². The van der Waals surface area contributed by atoms with E-state index >= 15 is 0 Å². The van der Waals surface area contributed by atoms with Crippen molar-refractivity contribution >= 4 is 17.5 Å². The second kappa shape index (κ2) is 6.68. The first-order valence-corrected chi connectivity index (χ1v) is 8.05. The number of aliphatic hydroxyl groups excluding tert-OH is 1. The summed E-state index contributed by atoms with van der Waals surface area (Å²) in [6.45, 7) is 1.65. The Bertz CT molecular complexity index is 596. The first-order valence-electron chi connectivity index (χ1n) is 8.05. The number of nitrogens with zero attached hydrogens (tertiary/aromatic N) is 1. The van der Waals surface area contributed by atoms with Crippen molar-refractivity contribution in [3.8, 4) is 0 Å². The van der Waals surface area contributed by atoms with Crippen molar-refractivity contribution in [2.75, 3.05) is 31.3 Å². The fraction of sp³-hybridized carbons (Fsp3) is 0.529. The van der Waals surface area contributed by atoms with E-state index in [4.69, 9.17) is 4.74 Å². The largest absolute Gasteiger partial charge is 0.394 e. The zero-order chi connectivity index (χ0) is 16.3. The number of nitrogens with one attached hydrogen (secondary N) is 1. The van der Waals surface area contributed by atoms with Crippen LogP contribution in [0.25, 0.3) is 0 Å². The lowest BCUT2D eigenvalue weighted by molar-refractivity contribution is -0.117. The normalized spacial score (nSPS) is 20.6. The molecule has 1 aromatic rings. The molecule has 2 heterocycles. The van der Waals surface area contributed by atoms with Crippen LogP contribution in [0.15, 0.2) is 24.3 Å². The first-order chi connectivity index (χ1) is 11.1. The first kappa shape index (κ1) is 16.0. The van der Waals surface area contributed by atoms with Gasteiger partial charge >= 0.3 is 0 Å². The molecular formula is C17H22N2O4. The van der Waals surface area contributed by atoms with E-state index in [1.807, 2.05) is 6.07 Å². The maximum absolute atomic E-state index is 12.6. The average Bonchev–Trinajstić information content (AvgIpc) is 3.02. The summed E-state index contributed by atoms with van der Waals surface area (Å²) in [7, 11) is 0. The summed E-state index contributed by atoms with van der Waals surface area (Å²) >= 11 is 0. The molecule has 0 spiro atoms. The molecule has 0 unspecified atom stereocenters. The Hall–Kier alpha value is -1.92. The molecule has 2 aliphatic rings. The molecule has 6 heteroatoms. The SMILES string of the molecule is O=C(NC1(CO)CCOCC1)c1cccc(N2CCCC2=O)c1. The fourth-order valence-corrected chi connectivity index (χ4v) is 3.13. The van der Waals surface area contributed by atoms with Gasteiger partial charge in [0.25, 0.3) is 5.91 Å². The van der Waals surface area contributed by atoms with Gasteiger partial charge < -0.3 is 20.1 Å². The van der Waals surface area contributed by atoms with E-state index in [1.54, 1.807) is 23.1 Å². The minimum Gasteiger partial charge on any atom is -0.394 e. The summed E-state index contributed by atoms with van der Waals surface area (Å²) in [5.41, 5.74) is 0.640. The number of hydrogen-bond donors (Lipinski definition) is 2. The molecule has 2 saturated heterocycles.